The van der Waals surface area contributed by atoms with Gasteiger partial charge in [0.05, 0.1) is 25.4 Å². The van der Waals surface area contributed by atoms with Crippen LogP contribution in [0.2, 0.25) is 0 Å². The second-order valence-corrected chi connectivity index (χ2v) is 15.4. The second-order valence-electron chi connectivity index (χ2n) is 15.4. The number of hydrogen-bond donors (Lipinski definition) is 8. The molecule has 9 unspecified atom stereocenters. The Bertz CT molecular complexity index is 992. The van der Waals surface area contributed by atoms with Gasteiger partial charge in [-0.15, -0.1) is 0 Å². The summed E-state index contributed by atoms with van der Waals surface area (Å²) in [5, 5.41) is 75.3. The standard InChI is InChI=1S/C44H81NO10/c1-3-5-7-9-11-13-14-15-16-17-18-19-20-21-22-23-24-26-27-29-31-36(47)39(49)35(34-54-44-42(52)41(51)40(50)38(33-46)55-44)45-43(53)37(48)32-30-28-25-12-10-8-6-4-2/h16-17,20-21,24,26,35-42,44,46-52H,3-15,18-19,22-23,25,27-34H2,1-2H3,(H,45,53)/b17-16+,21-20+,26-24+. The van der Waals surface area contributed by atoms with Crippen molar-refractivity contribution in [3.63, 3.8) is 0 Å². The predicted octanol–water partition coefficient (Wildman–Crippen LogP) is 6.44. The van der Waals surface area contributed by atoms with Crippen LogP contribution in [0.4, 0.5) is 0 Å². The fourth-order valence-electron chi connectivity index (χ4n) is 6.71. The maximum Gasteiger partial charge on any atom is 0.249 e. The van der Waals surface area contributed by atoms with Crippen LogP contribution in [0, 0.1) is 0 Å². The number of ether oxygens (including phenoxy) is 2. The van der Waals surface area contributed by atoms with Gasteiger partial charge in [0.2, 0.25) is 5.91 Å². The molecule has 0 radical (unpaired) electrons. The van der Waals surface area contributed by atoms with Gasteiger partial charge in [-0.2, -0.15) is 0 Å². The summed E-state index contributed by atoms with van der Waals surface area (Å²) in [6.07, 6.45) is 26.5. The predicted molar refractivity (Wildman–Crippen MR) is 219 cm³/mol. The molecule has 1 aliphatic rings. The molecular weight excluding hydrogens is 702 g/mol. The van der Waals surface area contributed by atoms with E-state index in [9.17, 15) is 40.5 Å². The third-order valence-electron chi connectivity index (χ3n) is 10.4. The van der Waals surface area contributed by atoms with Crippen LogP contribution in [-0.2, 0) is 14.3 Å². The Morgan fingerprint density at radius 3 is 1.62 bits per heavy atom. The van der Waals surface area contributed by atoms with Gasteiger partial charge in [0.1, 0.15) is 36.6 Å². The second kappa shape index (κ2) is 34.4. The molecule has 1 amide bonds. The Morgan fingerprint density at radius 2 is 1.09 bits per heavy atom. The first-order chi connectivity index (χ1) is 26.7. The van der Waals surface area contributed by atoms with E-state index in [1.54, 1.807) is 0 Å². The van der Waals surface area contributed by atoms with E-state index in [4.69, 9.17) is 9.47 Å². The molecule has 0 aromatic rings. The Hall–Kier alpha value is -1.67. The summed E-state index contributed by atoms with van der Waals surface area (Å²) in [7, 11) is 0. The zero-order valence-corrected chi connectivity index (χ0v) is 34.4. The van der Waals surface area contributed by atoms with Gasteiger partial charge < -0.3 is 50.5 Å². The summed E-state index contributed by atoms with van der Waals surface area (Å²) < 4.78 is 11.0. The number of carbonyl (C=O) groups is 1. The number of nitrogens with one attached hydrogen (secondary N) is 1. The Balaban J connectivity index is 2.49. The summed E-state index contributed by atoms with van der Waals surface area (Å²) in [5.74, 6) is -0.719. The quantitative estimate of drug-likeness (QED) is 0.0262. The normalized spacial score (nSPS) is 22.8. The van der Waals surface area contributed by atoms with Crippen molar-refractivity contribution in [1.82, 2.24) is 5.32 Å². The van der Waals surface area contributed by atoms with Gasteiger partial charge in [0.25, 0.3) is 0 Å². The molecular formula is C44H81NO10. The zero-order chi connectivity index (χ0) is 40.5. The zero-order valence-electron chi connectivity index (χ0n) is 34.4. The molecule has 8 N–H and O–H groups in total. The molecule has 1 saturated heterocycles. The van der Waals surface area contributed by atoms with Gasteiger partial charge in [-0.3, -0.25) is 4.79 Å². The third-order valence-corrected chi connectivity index (χ3v) is 10.4. The molecule has 1 aliphatic heterocycles. The molecule has 11 heteroatoms. The molecule has 1 rings (SSSR count). The van der Waals surface area contributed by atoms with Crippen molar-refractivity contribution < 1.29 is 50.0 Å². The SMILES string of the molecule is CCCCCCCCC/C=C/CC/C=C/CC/C=C/CCCC(O)C(O)C(COC1OC(CO)C(O)C(O)C1O)NC(=O)C(O)CCCCCCCCCC. The maximum absolute atomic E-state index is 13.0. The van der Waals surface area contributed by atoms with Crippen molar-refractivity contribution in [2.24, 2.45) is 0 Å². The number of unbranched alkanes of at least 4 members (excludes halogenated alkanes) is 17. The molecule has 322 valence electrons. The van der Waals surface area contributed by atoms with E-state index in [0.717, 1.165) is 44.9 Å². The van der Waals surface area contributed by atoms with Crippen LogP contribution in [0.15, 0.2) is 36.5 Å². The lowest BCUT2D eigenvalue weighted by Crippen LogP contribution is -2.60. The molecule has 0 spiro atoms. The van der Waals surface area contributed by atoms with Gasteiger partial charge in [-0.05, 0) is 64.2 Å². The number of carbonyl (C=O) groups excluding carboxylic acids is 1. The van der Waals surface area contributed by atoms with Crippen LogP contribution in [0.3, 0.4) is 0 Å². The van der Waals surface area contributed by atoms with Crippen LogP contribution in [0.1, 0.15) is 168 Å². The summed E-state index contributed by atoms with van der Waals surface area (Å²) in [5.41, 5.74) is 0. The Morgan fingerprint density at radius 1 is 0.618 bits per heavy atom. The maximum atomic E-state index is 13.0. The first kappa shape index (κ1) is 51.3. The summed E-state index contributed by atoms with van der Waals surface area (Å²) >= 11 is 0. The minimum Gasteiger partial charge on any atom is -0.394 e. The highest BCUT2D eigenvalue weighted by molar-refractivity contribution is 5.80. The fourth-order valence-corrected chi connectivity index (χ4v) is 6.71. The van der Waals surface area contributed by atoms with Crippen LogP contribution < -0.4 is 5.32 Å². The first-order valence-corrected chi connectivity index (χ1v) is 21.9. The van der Waals surface area contributed by atoms with Crippen LogP contribution >= 0.6 is 0 Å². The average molecular weight is 784 g/mol. The van der Waals surface area contributed by atoms with Crippen molar-refractivity contribution in [3.05, 3.63) is 36.5 Å². The first-order valence-electron chi connectivity index (χ1n) is 21.9. The highest BCUT2D eigenvalue weighted by atomic mass is 16.7. The molecule has 0 saturated carbocycles. The van der Waals surface area contributed by atoms with Gasteiger partial charge in [-0.25, -0.2) is 0 Å². The number of aliphatic hydroxyl groups excluding tert-OH is 7. The molecule has 55 heavy (non-hydrogen) atoms. The van der Waals surface area contributed by atoms with E-state index >= 15 is 0 Å². The molecule has 0 aliphatic carbocycles. The van der Waals surface area contributed by atoms with Crippen molar-refractivity contribution in [2.45, 2.75) is 223 Å². The minimum atomic E-state index is -1.67. The van der Waals surface area contributed by atoms with Crippen molar-refractivity contribution in [1.29, 1.82) is 0 Å². The third kappa shape index (κ3) is 24.7. The van der Waals surface area contributed by atoms with E-state index in [1.807, 2.05) is 0 Å². The van der Waals surface area contributed by atoms with E-state index in [1.165, 1.54) is 77.0 Å². The molecule has 0 bridgehead atoms. The van der Waals surface area contributed by atoms with Gasteiger partial charge in [-0.1, -0.05) is 140 Å². The van der Waals surface area contributed by atoms with Gasteiger partial charge in [0, 0.05) is 0 Å². The lowest BCUT2D eigenvalue weighted by atomic mass is 9.98. The summed E-state index contributed by atoms with van der Waals surface area (Å²) in [4.78, 5) is 13.0. The van der Waals surface area contributed by atoms with E-state index in [0.29, 0.717) is 19.3 Å². The number of hydrogen-bond acceptors (Lipinski definition) is 10. The van der Waals surface area contributed by atoms with Crippen LogP contribution in [0.25, 0.3) is 0 Å². The highest BCUT2D eigenvalue weighted by Crippen LogP contribution is 2.23. The van der Waals surface area contributed by atoms with E-state index < -0.39 is 74.2 Å². The number of amides is 1. The fraction of sp³-hybridized carbons (Fsp3) is 0.841. The molecule has 0 aromatic heterocycles. The summed E-state index contributed by atoms with van der Waals surface area (Å²) in [6, 6.07) is -1.19. The Labute approximate surface area is 333 Å². The highest BCUT2D eigenvalue weighted by Gasteiger charge is 2.44. The topological polar surface area (TPSA) is 189 Å². The monoisotopic (exact) mass is 784 g/mol. The average Bonchev–Trinajstić information content (AvgIpc) is 3.18. The Kier molecular flexibility index (Phi) is 32.1. The minimum absolute atomic E-state index is 0.241. The lowest BCUT2D eigenvalue weighted by Gasteiger charge is -2.40. The molecule has 1 heterocycles. The number of allylic oxidation sites excluding steroid dienone is 6. The smallest absolute Gasteiger partial charge is 0.249 e. The van der Waals surface area contributed by atoms with Crippen molar-refractivity contribution >= 4 is 5.91 Å². The van der Waals surface area contributed by atoms with E-state index in [2.05, 4.69) is 55.6 Å². The molecule has 11 nitrogen and oxygen atoms in total. The van der Waals surface area contributed by atoms with Crippen LogP contribution in [0.5, 0.6) is 0 Å². The number of aliphatic hydroxyl groups is 7. The molecule has 1 fully saturated rings. The van der Waals surface area contributed by atoms with Crippen LogP contribution in [-0.4, -0.2) is 110 Å². The lowest BCUT2D eigenvalue weighted by molar-refractivity contribution is -0.303. The van der Waals surface area contributed by atoms with Crippen molar-refractivity contribution in [2.75, 3.05) is 13.2 Å². The largest absolute Gasteiger partial charge is 0.394 e. The molecule has 0 aromatic carbocycles. The molecule has 9 atom stereocenters. The van der Waals surface area contributed by atoms with E-state index in [-0.39, 0.29) is 12.8 Å². The number of rotatable bonds is 35. The van der Waals surface area contributed by atoms with Crippen molar-refractivity contribution in [3.8, 4) is 0 Å². The van der Waals surface area contributed by atoms with Gasteiger partial charge >= 0.3 is 0 Å². The summed E-state index contributed by atoms with van der Waals surface area (Å²) in [6.45, 7) is 3.35. The van der Waals surface area contributed by atoms with Gasteiger partial charge in [0.15, 0.2) is 6.29 Å².